The molecule has 17 heavy (non-hydrogen) atoms. The predicted octanol–water partition coefficient (Wildman–Crippen LogP) is 4.13. The predicted molar refractivity (Wildman–Crippen MR) is 73.4 cm³/mol. The molecule has 0 aliphatic heterocycles. The first-order valence-electron chi connectivity index (χ1n) is 6.07. The Labute approximate surface area is 110 Å². The van der Waals surface area contributed by atoms with Crippen LogP contribution in [0.5, 0.6) is 0 Å². The molecule has 0 saturated heterocycles. The van der Waals surface area contributed by atoms with E-state index in [1.54, 1.807) is 6.07 Å². The van der Waals surface area contributed by atoms with Crippen molar-refractivity contribution < 1.29 is 4.39 Å². The second kappa shape index (κ2) is 5.78. The van der Waals surface area contributed by atoms with Crippen molar-refractivity contribution in [1.29, 1.82) is 0 Å². The van der Waals surface area contributed by atoms with E-state index in [4.69, 9.17) is 0 Å². The molecule has 1 aliphatic rings. The largest absolute Gasteiger partial charge is 0.310 e. The average Bonchev–Trinajstić information content (AvgIpc) is 3.12. The third-order valence-corrected chi connectivity index (χ3v) is 3.46. The van der Waals surface area contributed by atoms with Crippen LogP contribution in [0.4, 0.5) is 4.39 Å². The molecule has 0 bridgehead atoms. The van der Waals surface area contributed by atoms with Gasteiger partial charge in [0.25, 0.3) is 0 Å². The number of halogens is 2. The summed E-state index contributed by atoms with van der Waals surface area (Å²) in [6, 6.07) is 5.73. The second-order valence-electron chi connectivity index (χ2n) is 4.48. The third kappa shape index (κ3) is 3.93. The van der Waals surface area contributed by atoms with Gasteiger partial charge in [-0.25, -0.2) is 4.39 Å². The van der Waals surface area contributed by atoms with Crippen LogP contribution in [0.25, 0.3) is 6.08 Å². The summed E-state index contributed by atoms with van der Waals surface area (Å²) in [6.45, 7) is 2.98. The van der Waals surface area contributed by atoms with Crippen LogP contribution in [-0.2, 0) is 0 Å². The highest BCUT2D eigenvalue weighted by Crippen LogP contribution is 2.21. The molecule has 1 fully saturated rings. The highest BCUT2D eigenvalue weighted by Gasteiger charge is 2.20. The number of nitrogens with one attached hydrogen (secondary N) is 1. The maximum atomic E-state index is 13.6. The zero-order valence-corrected chi connectivity index (χ0v) is 11.6. The van der Waals surface area contributed by atoms with E-state index in [0.717, 1.165) is 17.4 Å². The Bertz CT molecular complexity index is 424. The highest BCUT2D eigenvalue weighted by molar-refractivity contribution is 9.10. The lowest BCUT2D eigenvalue weighted by Crippen LogP contribution is -2.18. The maximum Gasteiger partial charge on any atom is 0.130 e. The van der Waals surface area contributed by atoms with E-state index in [-0.39, 0.29) is 5.82 Å². The van der Waals surface area contributed by atoms with Crippen molar-refractivity contribution in [1.82, 2.24) is 5.32 Å². The summed E-state index contributed by atoms with van der Waals surface area (Å²) in [5, 5.41) is 3.46. The monoisotopic (exact) mass is 297 g/mol. The molecule has 1 saturated carbocycles. The van der Waals surface area contributed by atoms with Crippen LogP contribution in [0.3, 0.4) is 0 Å². The van der Waals surface area contributed by atoms with Crippen molar-refractivity contribution in [3.05, 3.63) is 39.6 Å². The molecule has 92 valence electrons. The Kier molecular flexibility index (Phi) is 4.35. The number of hydrogen-bond acceptors (Lipinski definition) is 1. The van der Waals surface area contributed by atoms with Gasteiger partial charge >= 0.3 is 0 Å². The minimum Gasteiger partial charge on any atom is -0.310 e. The molecular formula is C14H17BrFN. The third-order valence-electron chi connectivity index (χ3n) is 2.97. The molecule has 1 aromatic carbocycles. The molecule has 1 aromatic rings. The van der Waals surface area contributed by atoms with Crippen LogP contribution in [0.1, 0.15) is 31.7 Å². The summed E-state index contributed by atoms with van der Waals surface area (Å²) >= 11 is 3.37. The number of benzene rings is 1. The van der Waals surface area contributed by atoms with Crippen molar-refractivity contribution in [3.63, 3.8) is 0 Å². The van der Waals surface area contributed by atoms with Crippen LogP contribution in [0.2, 0.25) is 0 Å². The van der Waals surface area contributed by atoms with E-state index in [0.29, 0.717) is 11.6 Å². The van der Waals surface area contributed by atoms with Crippen molar-refractivity contribution >= 4 is 22.0 Å². The van der Waals surface area contributed by atoms with Crippen molar-refractivity contribution in [2.24, 2.45) is 0 Å². The first kappa shape index (κ1) is 12.8. The molecule has 1 N–H and O–H groups in total. The van der Waals surface area contributed by atoms with E-state index in [2.05, 4.69) is 28.2 Å². The van der Waals surface area contributed by atoms with Crippen LogP contribution in [-0.4, -0.2) is 12.6 Å². The molecule has 0 amide bonds. The number of rotatable bonds is 5. The normalized spacial score (nSPS) is 16.3. The Morgan fingerprint density at radius 1 is 1.53 bits per heavy atom. The van der Waals surface area contributed by atoms with Crippen LogP contribution in [0, 0.1) is 5.82 Å². The molecule has 0 aromatic heterocycles. The van der Waals surface area contributed by atoms with Crippen molar-refractivity contribution in [2.75, 3.05) is 6.54 Å². The molecular weight excluding hydrogens is 281 g/mol. The summed E-state index contributed by atoms with van der Waals surface area (Å²) in [7, 11) is 0. The topological polar surface area (TPSA) is 12.0 Å². The molecule has 1 nitrogen and oxygen atoms in total. The Balaban J connectivity index is 2.09. The standard InChI is InChI=1S/C14H17BrFN/c1-2-10(9-17-13-4-5-13)7-11-8-12(15)3-6-14(11)16/h3,6-8,13,17H,2,4-5,9H2,1H3. The molecule has 0 spiro atoms. The fourth-order valence-corrected chi connectivity index (χ4v) is 2.06. The van der Waals surface area contributed by atoms with Gasteiger partial charge in [-0.3, -0.25) is 0 Å². The smallest absolute Gasteiger partial charge is 0.130 e. The quantitative estimate of drug-likeness (QED) is 0.861. The van der Waals surface area contributed by atoms with Gasteiger partial charge in [0, 0.05) is 22.6 Å². The van der Waals surface area contributed by atoms with Crippen molar-refractivity contribution in [2.45, 2.75) is 32.2 Å². The lowest BCUT2D eigenvalue weighted by molar-refractivity contribution is 0.624. The van der Waals surface area contributed by atoms with Gasteiger partial charge < -0.3 is 5.32 Å². The van der Waals surface area contributed by atoms with Gasteiger partial charge in [-0.1, -0.05) is 34.5 Å². The lowest BCUT2D eigenvalue weighted by atomic mass is 10.1. The van der Waals surface area contributed by atoms with E-state index in [1.165, 1.54) is 24.5 Å². The molecule has 1 aliphatic carbocycles. The fraction of sp³-hybridized carbons (Fsp3) is 0.429. The minimum absolute atomic E-state index is 0.162. The van der Waals surface area contributed by atoms with Crippen LogP contribution < -0.4 is 5.32 Å². The molecule has 0 heterocycles. The Hall–Kier alpha value is -0.670. The van der Waals surface area contributed by atoms with E-state index >= 15 is 0 Å². The lowest BCUT2D eigenvalue weighted by Gasteiger charge is -2.07. The fourth-order valence-electron chi connectivity index (χ4n) is 1.69. The highest BCUT2D eigenvalue weighted by atomic mass is 79.9. The zero-order chi connectivity index (χ0) is 12.3. The minimum atomic E-state index is -0.162. The Morgan fingerprint density at radius 3 is 2.94 bits per heavy atom. The van der Waals surface area contributed by atoms with Crippen molar-refractivity contribution in [3.8, 4) is 0 Å². The van der Waals surface area contributed by atoms with Gasteiger partial charge in [-0.2, -0.15) is 0 Å². The molecule has 0 radical (unpaired) electrons. The van der Waals surface area contributed by atoms with Gasteiger partial charge in [-0.05, 0) is 37.5 Å². The summed E-state index contributed by atoms with van der Waals surface area (Å²) in [5.41, 5.74) is 1.91. The maximum absolute atomic E-state index is 13.6. The number of hydrogen-bond donors (Lipinski definition) is 1. The summed E-state index contributed by atoms with van der Waals surface area (Å²) in [6.07, 6.45) is 5.46. The zero-order valence-electron chi connectivity index (χ0n) is 9.97. The molecule has 0 atom stereocenters. The van der Waals surface area contributed by atoms with Gasteiger partial charge in [0.15, 0.2) is 0 Å². The van der Waals surface area contributed by atoms with E-state index < -0.39 is 0 Å². The van der Waals surface area contributed by atoms with E-state index in [1.807, 2.05) is 12.1 Å². The first-order chi connectivity index (χ1) is 8.19. The second-order valence-corrected chi connectivity index (χ2v) is 5.39. The Morgan fingerprint density at radius 2 is 2.29 bits per heavy atom. The SMILES string of the molecule is CCC(=Cc1cc(Br)ccc1F)CNC1CC1. The van der Waals surface area contributed by atoms with Gasteiger partial charge in [-0.15, -0.1) is 0 Å². The van der Waals surface area contributed by atoms with Crippen LogP contribution >= 0.6 is 15.9 Å². The molecule has 0 unspecified atom stereocenters. The van der Waals surface area contributed by atoms with Gasteiger partial charge in [0.1, 0.15) is 5.82 Å². The summed E-state index contributed by atoms with van der Waals surface area (Å²) in [5.74, 6) is -0.162. The van der Waals surface area contributed by atoms with Gasteiger partial charge in [0.2, 0.25) is 0 Å². The van der Waals surface area contributed by atoms with Gasteiger partial charge in [0.05, 0.1) is 0 Å². The summed E-state index contributed by atoms with van der Waals surface area (Å²) < 4.78 is 14.5. The van der Waals surface area contributed by atoms with Crippen LogP contribution in [0.15, 0.2) is 28.2 Å². The van der Waals surface area contributed by atoms with E-state index in [9.17, 15) is 4.39 Å². The summed E-state index contributed by atoms with van der Waals surface area (Å²) in [4.78, 5) is 0. The first-order valence-corrected chi connectivity index (χ1v) is 6.86. The molecule has 3 heteroatoms. The molecule has 2 rings (SSSR count). The average molecular weight is 298 g/mol.